The number of halogens is 1. The smallest absolute Gasteiger partial charge is 0.242 e. The quantitative estimate of drug-likeness (QED) is 0.561. The van der Waals surface area contributed by atoms with E-state index in [2.05, 4.69) is 4.72 Å². The van der Waals surface area contributed by atoms with Gasteiger partial charge in [0.05, 0.1) is 12.3 Å². The molecule has 0 amide bonds. The average molecular weight is 290 g/mol. The van der Waals surface area contributed by atoms with Crippen LogP contribution in [0.1, 0.15) is 19.8 Å². The molecule has 19 heavy (non-hydrogen) atoms. The molecule has 0 fully saturated rings. The van der Waals surface area contributed by atoms with E-state index in [-0.39, 0.29) is 23.7 Å². The van der Waals surface area contributed by atoms with E-state index in [0.717, 1.165) is 18.9 Å². The van der Waals surface area contributed by atoms with Crippen molar-refractivity contribution in [3.8, 4) is 0 Å². The first kappa shape index (κ1) is 15.9. The molecule has 108 valence electrons. The zero-order chi connectivity index (χ0) is 14.3. The van der Waals surface area contributed by atoms with Crippen molar-refractivity contribution in [2.24, 2.45) is 0 Å². The van der Waals surface area contributed by atoms with Gasteiger partial charge in [0.25, 0.3) is 0 Å². The highest BCUT2D eigenvalue weighted by molar-refractivity contribution is 7.89. The Hall–Kier alpha value is -1.18. The second kappa shape index (κ2) is 7.42. The highest BCUT2D eigenvalue weighted by atomic mass is 32.2. The fourth-order valence-electron chi connectivity index (χ4n) is 1.43. The Labute approximate surface area is 113 Å². The summed E-state index contributed by atoms with van der Waals surface area (Å²) < 4.78 is 44.5. The van der Waals surface area contributed by atoms with Gasteiger partial charge in [-0.3, -0.25) is 0 Å². The summed E-state index contributed by atoms with van der Waals surface area (Å²) in [6, 6.07) is 3.68. The minimum Gasteiger partial charge on any atom is -0.395 e. The number of nitrogens with two attached hydrogens (primary N) is 1. The lowest BCUT2D eigenvalue weighted by molar-refractivity contribution is 0.136. The molecule has 7 heteroatoms. The Morgan fingerprint density at radius 3 is 2.79 bits per heavy atom. The van der Waals surface area contributed by atoms with E-state index in [4.69, 9.17) is 10.5 Å². The fraction of sp³-hybridized carbons (Fsp3) is 0.500. The van der Waals surface area contributed by atoms with Gasteiger partial charge in [-0.25, -0.2) is 17.5 Å². The first-order chi connectivity index (χ1) is 8.99. The van der Waals surface area contributed by atoms with Gasteiger partial charge in [0.15, 0.2) is 0 Å². The van der Waals surface area contributed by atoms with Crippen LogP contribution in [0.2, 0.25) is 0 Å². The summed E-state index contributed by atoms with van der Waals surface area (Å²) in [7, 11) is -3.80. The second-order valence-corrected chi connectivity index (χ2v) is 5.75. The van der Waals surface area contributed by atoms with E-state index in [9.17, 15) is 12.8 Å². The average Bonchev–Trinajstić information content (AvgIpc) is 2.36. The maximum Gasteiger partial charge on any atom is 0.242 e. The highest BCUT2D eigenvalue weighted by Gasteiger charge is 2.18. The first-order valence-corrected chi connectivity index (χ1v) is 7.58. The molecule has 0 bridgehead atoms. The van der Waals surface area contributed by atoms with Crippen molar-refractivity contribution in [3.63, 3.8) is 0 Å². The highest BCUT2D eigenvalue weighted by Crippen LogP contribution is 2.20. The van der Waals surface area contributed by atoms with Crippen molar-refractivity contribution in [2.75, 3.05) is 25.5 Å². The molecule has 0 unspecified atom stereocenters. The molecular weight excluding hydrogens is 271 g/mol. The number of anilines is 1. The molecule has 0 heterocycles. The lowest BCUT2D eigenvalue weighted by Crippen LogP contribution is -2.28. The van der Waals surface area contributed by atoms with E-state index >= 15 is 0 Å². The SMILES string of the molecule is CCCCOCCNS(=O)(=O)c1cccc(F)c1N. The van der Waals surface area contributed by atoms with Gasteiger partial charge >= 0.3 is 0 Å². The van der Waals surface area contributed by atoms with Crippen molar-refractivity contribution in [2.45, 2.75) is 24.7 Å². The molecule has 0 aliphatic rings. The van der Waals surface area contributed by atoms with Crippen LogP contribution in [0.5, 0.6) is 0 Å². The number of benzene rings is 1. The monoisotopic (exact) mass is 290 g/mol. The Bertz CT molecular complexity index is 506. The predicted molar refractivity (Wildman–Crippen MR) is 71.7 cm³/mol. The van der Waals surface area contributed by atoms with Gasteiger partial charge in [0, 0.05) is 13.2 Å². The lowest BCUT2D eigenvalue weighted by atomic mass is 10.3. The van der Waals surface area contributed by atoms with Gasteiger partial charge in [0.1, 0.15) is 10.7 Å². The zero-order valence-corrected chi connectivity index (χ0v) is 11.7. The van der Waals surface area contributed by atoms with Crippen LogP contribution in [-0.4, -0.2) is 28.2 Å². The molecule has 0 radical (unpaired) electrons. The lowest BCUT2D eigenvalue weighted by Gasteiger charge is -2.09. The number of ether oxygens (including phenoxy) is 1. The van der Waals surface area contributed by atoms with Crippen molar-refractivity contribution < 1.29 is 17.5 Å². The predicted octanol–water partition coefficient (Wildman–Crippen LogP) is 1.50. The van der Waals surface area contributed by atoms with Gasteiger partial charge < -0.3 is 10.5 Å². The molecule has 0 aliphatic carbocycles. The molecule has 3 N–H and O–H groups in total. The minimum atomic E-state index is -3.80. The third kappa shape index (κ3) is 4.77. The molecule has 0 saturated carbocycles. The Morgan fingerprint density at radius 1 is 1.37 bits per heavy atom. The van der Waals surface area contributed by atoms with Crippen LogP contribution in [0.25, 0.3) is 0 Å². The summed E-state index contributed by atoms with van der Waals surface area (Å²) in [5.41, 5.74) is 5.04. The summed E-state index contributed by atoms with van der Waals surface area (Å²) in [5, 5.41) is 0. The van der Waals surface area contributed by atoms with Crippen LogP contribution in [0.3, 0.4) is 0 Å². The van der Waals surface area contributed by atoms with Crippen LogP contribution in [0.15, 0.2) is 23.1 Å². The largest absolute Gasteiger partial charge is 0.395 e. The third-order valence-corrected chi connectivity index (χ3v) is 4.00. The van der Waals surface area contributed by atoms with Crippen LogP contribution in [-0.2, 0) is 14.8 Å². The Morgan fingerprint density at radius 2 is 2.11 bits per heavy atom. The van der Waals surface area contributed by atoms with E-state index in [0.29, 0.717) is 6.61 Å². The topological polar surface area (TPSA) is 81.4 Å². The van der Waals surface area contributed by atoms with Gasteiger partial charge in [-0.05, 0) is 18.6 Å². The fourth-order valence-corrected chi connectivity index (χ4v) is 2.58. The molecule has 5 nitrogen and oxygen atoms in total. The summed E-state index contributed by atoms with van der Waals surface area (Å²) in [5.74, 6) is -0.748. The molecule has 1 aromatic rings. The molecule has 1 aromatic carbocycles. The normalized spacial score (nSPS) is 11.7. The number of nitrogens with one attached hydrogen (secondary N) is 1. The number of rotatable bonds is 8. The van der Waals surface area contributed by atoms with Crippen molar-refractivity contribution in [1.82, 2.24) is 4.72 Å². The van der Waals surface area contributed by atoms with Crippen LogP contribution >= 0.6 is 0 Å². The van der Waals surface area contributed by atoms with Crippen molar-refractivity contribution >= 4 is 15.7 Å². The zero-order valence-electron chi connectivity index (χ0n) is 10.9. The number of sulfonamides is 1. The van der Waals surface area contributed by atoms with Crippen LogP contribution < -0.4 is 10.5 Å². The van der Waals surface area contributed by atoms with Gasteiger partial charge in [-0.2, -0.15) is 0 Å². The standard InChI is InChI=1S/C12H19FN2O3S/c1-2-3-8-18-9-7-15-19(16,17)11-6-4-5-10(13)12(11)14/h4-6,15H,2-3,7-9,14H2,1H3. The maximum atomic E-state index is 13.2. The van der Waals surface area contributed by atoms with Crippen LogP contribution in [0.4, 0.5) is 10.1 Å². The van der Waals surface area contributed by atoms with Gasteiger partial charge in [-0.15, -0.1) is 0 Å². The Balaban J connectivity index is 2.54. The van der Waals surface area contributed by atoms with Crippen molar-refractivity contribution in [3.05, 3.63) is 24.0 Å². The third-order valence-electron chi connectivity index (χ3n) is 2.48. The summed E-state index contributed by atoms with van der Waals surface area (Å²) in [6.07, 6.45) is 1.95. The molecular formula is C12H19FN2O3S. The van der Waals surface area contributed by atoms with E-state index in [1.54, 1.807) is 0 Å². The van der Waals surface area contributed by atoms with E-state index in [1.165, 1.54) is 12.1 Å². The second-order valence-electron chi connectivity index (χ2n) is 4.02. The molecule has 1 rings (SSSR count). The number of hydrogen-bond donors (Lipinski definition) is 2. The number of para-hydroxylation sites is 1. The number of unbranched alkanes of at least 4 members (excludes halogenated alkanes) is 1. The summed E-state index contributed by atoms with van der Waals surface area (Å²) in [6.45, 7) is 3.04. The number of hydrogen-bond acceptors (Lipinski definition) is 4. The van der Waals surface area contributed by atoms with E-state index in [1.807, 2.05) is 6.92 Å². The first-order valence-electron chi connectivity index (χ1n) is 6.10. The summed E-state index contributed by atoms with van der Waals surface area (Å²) >= 11 is 0. The molecule has 0 atom stereocenters. The Kier molecular flexibility index (Phi) is 6.20. The molecule has 0 spiro atoms. The van der Waals surface area contributed by atoms with E-state index < -0.39 is 15.8 Å². The van der Waals surface area contributed by atoms with Crippen LogP contribution in [0, 0.1) is 5.82 Å². The molecule has 0 aliphatic heterocycles. The van der Waals surface area contributed by atoms with Gasteiger partial charge in [0.2, 0.25) is 10.0 Å². The van der Waals surface area contributed by atoms with Gasteiger partial charge in [-0.1, -0.05) is 19.4 Å². The minimum absolute atomic E-state index is 0.127. The summed E-state index contributed by atoms with van der Waals surface area (Å²) in [4.78, 5) is -0.249. The maximum absolute atomic E-state index is 13.2. The van der Waals surface area contributed by atoms with Crippen molar-refractivity contribution in [1.29, 1.82) is 0 Å². The number of nitrogen functional groups attached to an aromatic ring is 1. The molecule has 0 saturated heterocycles. The molecule has 0 aromatic heterocycles.